The zero-order chi connectivity index (χ0) is 15.1. The monoisotopic (exact) mass is 478 g/mol. The van der Waals surface area contributed by atoms with Crippen molar-refractivity contribution < 1.29 is 14.6 Å². The Morgan fingerprint density at radius 3 is 2.57 bits per heavy atom. The predicted octanol–water partition coefficient (Wildman–Crippen LogP) is 3.93. The van der Waals surface area contributed by atoms with Gasteiger partial charge in [-0.25, -0.2) is 9.48 Å². The molecule has 0 fully saturated rings. The second kappa shape index (κ2) is 5.83. The number of carboxylic acids is 1. The van der Waals surface area contributed by atoms with E-state index < -0.39 is 5.97 Å². The molecule has 0 saturated heterocycles. The first kappa shape index (κ1) is 15.2. The summed E-state index contributed by atoms with van der Waals surface area (Å²) < 4.78 is 9.59. The van der Waals surface area contributed by atoms with E-state index in [0.29, 0.717) is 18.6 Å². The van der Waals surface area contributed by atoms with Crippen LogP contribution in [0, 0.1) is 0 Å². The highest BCUT2D eigenvalue weighted by atomic mass is 79.9. The van der Waals surface area contributed by atoms with Gasteiger partial charge in [0.2, 0.25) is 0 Å². The summed E-state index contributed by atoms with van der Waals surface area (Å²) in [4.78, 5) is 11.4. The molecule has 21 heavy (non-hydrogen) atoms. The first-order valence-electron chi connectivity index (χ1n) is 6.05. The van der Waals surface area contributed by atoms with Crippen molar-refractivity contribution in [1.82, 2.24) is 9.78 Å². The third-order valence-corrected chi connectivity index (χ3v) is 4.88. The molecule has 0 unspecified atom stereocenters. The summed E-state index contributed by atoms with van der Waals surface area (Å²) in [5.41, 5.74) is 2.35. The number of rotatable bonds is 2. The lowest BCUT2D eigenvalue weighted by atomic mass is 10.1. The molecule has 1 aromatic carbocycles. The number of ether oxygens (including phenoxy) is 1. The standard InChI is InChI=1S/C13H9Br3N2O3/c14-6-3-8(15)12(9(16)4-6)18-10-1-2-21-5-7(10)11(17-18)13(19)20/h3-4H,1-2,5H2,(H,19,20). The minimum absolute atomic E-state index is 0.0476. The third kappa shape index (κ3) is 2.69. The largest absolute Gasteiger partial charge is 0.476 e. The van der Waals surface area contributed by atoms with E-state index in [-0.39, 0.29) is 12.3 Å². The summed E-state index contributed by atoms with van der Waals surface area (Å²) in [5.74, 6) is -1.04. The van der Waals surface area contributed by atoms with Gasteiger partial charge < -0.3 is 9.84 Å². The van der Waals surface area contributed by atoms with Gasteiger partial charge in [-0.1, -0.05) is 15.9 Å². The van der Waals surface area contributed by atoms with E-state index in [4.69, 9.17) is 4.74 Å². The summed E-state index contributed by atoms with van der Waals surface area (Å²) in [7, 11) is 0. The molecule has 1 N–H and O–H groups in total. The molecule has 2 aromatic rings. The molecule has 0 saturated carbocycles. The van der Waals surface area contributed by atoms with Gasteiger partial charge in [-0.3, -0.25) is 0 Å². The lowest BCUT2D eigenvalue weighted by molar-refractivity contribution is 0.0677. The number of halogens is 3. The van der Waals surface area contributed by atoms with Gasteiger partial charge in [-0.15, -0.1) is 0 Å². The maximum atomic E-state index is 11.4. The minimum atomic E-state index is -1.04. The number of carbonyl (C=O) groups is 1. The van der Waals surface area contributed by atoms with Crippen molar-refractivity contribution in [2.24, 2.45) is 0 Å². The highest BCUT2D eigenvalue weighted by molar-refractivity contribution is 9.11. The Kier molecular flexibility index (Phi) is 4.22. The van der Waals surface area contributed by atoms with Crippen molar-refractivity contribution in [1.29, 1.82) is 0 Å². The number of hydrogen-bond acceptors (Lipinski definition) is 3. The van der Waals surface area contributed by atoms with Crippen LogP contribution >= 0.6 is 47.8 Å². The molecule has 2 heterocycles. The van der Waals surface area contributed by atoms with Crippen LogP contribution in [0.15, 0.2) is 25.6 Å². The highest BCUT2D eigenvalue weighted by Gasteiger charge is 2.27. The fraction of sp³-hybridized carbons (Fsp3) is 0.231. The second-order valence-electron chi connectivity index (χ2n) is 4.51. The number of carboxylic acid groups (broad SMARTS) is 1. The molecule has 3 rings (SSSR count). The molecule has 5 nitrogen and oxygen atoms in total. The normalized spacial score (nSPS) is 14.0. The Morgan fingerprint density at radius 2 is 1.95 bits per heavy atom. The van der Waals surface area contributed by atoms with Gasteiger partial charge in [0.25, 0.3) is 0 Å². The first-order chi connectivity index (χ1) is 9.99. The SMILES string of the molecule is O=C(O)c1nn(-c2c(Br)cc(Br)cc2Br)c2c1COCC2. The Balaban J connectivity index is 2.26. The zero-order valence-electron chi connectivity index (χ0n) is 10.6. The number of nitrogens with zero attached hydrogens (tertiary/aromatic N) is 2. The number of benzene rings is 1. The quantitative estimate of drug-likeness (QED) is 0.707. The number of aromatic nitrogens is 2. The molecule has 1 aliphatic rings. The van der Waals surface area contributed by atoms with Gasteiger partial charge in [-0.05, 0) is 44.0 Å². The minimum Gasteiger partial charge on any atom is -0.476 e. The van der Waals surface area contributed by atoms with E-state index in [2.05, 4.69) is 52.9 Å². The summed E-state index contributed by atoms with van der Waals surface area (Å²) in [5, 5.41) is 13.6. The Labute approximate surface area is 145 Å². The smallest absolute Gasteiger partial charge is 0.356 e. The fourth-order valence-corrected chi connectivity index (χ4v) is 4.93. The second-order valence-corrected chi connectivity index (χ2v) is 7.14. The molecule has 110 valence electrons. The van der Waals surface area contributed by atoms with Crippen LogP contribution in [0.2, 0.25) is 0 Å². The summed E-state index contributed by atoms with van der Waals surface area (Å²) in [6.07, 6.45) is 0.630. The molecule has 1 aliphatic heterocycles. The van der Waals surface area contributed by atoms with Gasteiger partial charge in [0, 0.05) is 25.4 Å². The van der Waals surface area contributed by atoms with Gasteiger partial charge in [0.05, 0.1) is 24.6 Å². The molecule has 1 aromatic heterocycles. The van der Waals surface area contributed by atoms with Crippen LogP contribution in [-0.4, -0.2) is 27.5 Å². The molecule has 0 radical (unpaired) electrons. The van der Waals surface area contributed by atoms with Gasteiger partial charge >= 0.3 is 5.97 Å². The predicted molar refractivity (Wildman–Crippen MR) is 87.0 cm³/mol. The van der Waals surface area contributed by atoms with Crippen LogP contribution in [0.1, 0.15) is 21.7 Å². The van der Waals surface area contributed by atoms with E-state index in [1.807, 2.05) is 12.1 Å². The van der Waals surface area contributed by atoms with E-state index >= 15 is 0 Å². The Bertz CT molecular complexity index is 719. The average Bonchev–Trinajstić information content (AvgIpc) is 2.78. The molecule has 0 bridgehead atoms. The molecule has 0 amide bonds. The molecule has 0 aliphatic carbocycles. The lowest BCUT2D eigenvalue weighted by Gasteiger charge is -2.16. The van der Waals surface area contributed by atoms with Crippen molar-refractivity contribution in [2.45, 2.75) is 13.0 Å². The number of hydrogen-bond donors (Lipinski definition) is 1. The maximum Gasteiger partial charge on any atom is 0.356 e. The van der Waals surface area contributed by atoms with Gasteiger partial charge in [0.15, 0.2) is 5.69 Å². The van der Waals surface area contributed by atoms with E-state index in [9.17, 15) is 9.90 Å². The van der Waals surface area contributed by atoms with Crippen molar-refractivity contribution in [3.05, 3.63) is 42.5 Å². The van der Waals surface area contributed by atoms with E-state index in [1.54, 1.807) is 4.68 Å². The average molecular weight is 481 g/mol. The zero-order valence-corrected chi connectivity index (χ0v) is 15.3. The van der Waals surface area contributed by atoms with Gasteiger partial charge in [0.1, 0.15) is 0 Å². The summed E-state index contributed by atoms with van der Waals surface area (Å²) in [6, 6.07) is 3.79. The van der Waals surface area contributed by atoms with E-state index in [1.165, 1.54) is 0 Å². The highest BCUT2D eigenvalue weighted by Crippen LogP contribution is 2.35. The molecular formula is C13H9Br3N2O3. The molecule has 0 spiro atoms. The fourth-order valence-electron chi connectivity index (χ4n) is 2.33. The van der Waals surface area contributed by atoms with Crippen molar-refractivity contribution in [3.63, 3.8) is 0 Å². The van der Waals surface area contributed by atoms with Crippen molar-refractivity contribution in [2.75, 3.05) is 6.61 Å². The molecule has 0 atom stereocenters. The van der Waals surface area contributed by atoms with Crippen LogP contribution in [-0.2, 0) is 17.8 Å². The maximum absolute atomic E-state index is 11.4. The molecular weight excluding hydrogens is 472 g/mol. The van der Waals surface area contributed by atoms with Crippen LogP contribution in [0.4, 0.5) is 0 Å². The number of aromatic carboxylic acids is 1. The van der Waals surface area contributed by atoms with Crippen LogP contribution in [0.5, 0.6) is 0 Å². The molecule has 8 heteroatoms. The van der Waals surface area contributed by atoms with Gasteiger partial charge in [-0.2, -0.15) is 5.10 Å². The topological polar surface area (TPSA) is 64.3 Å². The Morgan fingerprint density at radius 1 is 1.29 bits per heavy atom. The number of fused-ring (bicyclic) bond motifs is 1. The van der Waals surface area contributed by atoms with Crippen LogP contribution in [0.3, 0.4) is 0 Å². The van der Waals surface area contributed by atoms with E-state index in [0.717, 1.165) is 24.8 Å². The van der Waals surface area contributed by atoms with Crippen molar-refractivity contribution >= 4 is 53.8 Å². The lowest BCUT2D eigenvalue weighted by Crippen LogP contribution is -2.14. The summed E-state index contributed by atoms with van der Waals surface area (Å²) >= 11 is 10.4. The van der Waals surface area contributed by atoms with Crippen LogP contribution < -0.4 is 0 Å². The van der Waals surface area contributed by atoms with Crippen LogP contribution in [0.25, 0.3) is 5.69 Å². The van der Waals surface area contributed by atoms with Crippen molar-refractivity contribution in [3.8, 4) is 5.69 Å². The first-order valence-corrected chi connectivity index (χ1v) is 8.43. The summed E-state index contributed by atoms with van der Waals surface area (Å²) in [6.45, 7) is 0.840. The third-order valence-electron chi connectivity index (χ3n) is 3.22. The Hall–Kier alpha value is -0.700.